The van der Waals surface area contributed by atoms with Crippen LogP contribution in [0.3, 0.4) is 0 Å². The van der Waals surface area contributed by atoms with Crippen molar-refractivity contribution in [2.24, 2.45) is 0 Å². The van der Waals surface area contributed by atoms with Gasteiger partial charge in [0, 0.05) is 30.6 Å². The van der Waals surface area contributed by atoms with E-state index < -0.39 is 0 Å². The average Bonchev–Trinajstić information content (AvgIpc) is 2.29. The minimum Gasteiger partial charge on any atom is -0.370 e. The Bertz CT molecular complexity index is 433. The lowest BCUT2D eigenvalue weighted by Crippen LogP contribution is -2.29. The number of aromatic nitrogens is 2. The summed E-state index contributed by atoms with van der Waals surface area (Å²) >= 11 is 0. The molecule has 19 heavy (non-hydrogen) atoms. The summed E-state index contributed by atoms with van der Waals surface area (Å²) in [5.41, 5.74) is 1.07. The predicted molar refractivity (Wildman–Crippen MR) is 83.2 cm³/mol. The van der Waals surface area contributed by atoms with Gasteiger partial charge in [-0.05, 0) is 27.7 Å². The number of rotatable bonds is 4. The molecule has 0 bridgehead atoms. The molecule has 1 heterocycles. The van der Waals surface area contributed by atoms with Gasteiger partial charge in [0.2, 0.25) is 0 Å². The lowest BCUT2D eigenvalue weighted by Gasteiger charge is -2.28. The molecule has 4 nitrogen and oxygen atoms in total. The van der Waals surface area contributed by atoms with Crippen LogP contribution >= 0.6 is 0 Å². The largest absolute Gasteiger partial charge is 0.370 e. The minimum absolute atomic E-state index is 0.0511. The third kappa shape index (κ3) is 3.58. The van der Waals surface area contributed by atoms with Crippen LogP contribution in [-0.4, -0.2) is 29.6 Å². The quantitative estimate of drug-likeness (QED) is 0.905. The topological polar surface area (TPSA) is 41.1 Å². The first-order valence-electron chi connectivity index (χ1n) is 7.04. The maximum absolute atomic E-state index is 4.78. The van der Waals surface area contributed by atoms with Crippen molar-refractivity contribution in [2.45, 2.75) is 59.9 Å². The summed E-state index contributed by atoms with van der Waals surface area (Å²) in [7, 11) is 2.09. The van der Waals surface area contributed by atoms with Gasteiger partial charge in [-0.25, -0.2) is 9.97 Å². The van der Waals surface area contributed by atoms with Gasteiger partial charge in [0.05, 0.1) is 0 Å². The second kappa shape index (κ2) is 5.76. The van der Waals surface area contributed by atoms with E-state index in [0.717, 1.165) is 29.6 Å². The van der Waals surface area contributed by atoms with E-state index in [1.54, 1.807) is 0 Å². The Kier molecular flexibility index (Phi) is 4.77. The van der Waals surface area contributed by atoms with Crippen LogP contribution in [0, 0.1) is 6.92 Å². The zero-order valence-corrected chi connectivity index (χ0v) is 13.6. The second-order valence-electron chi connectivity index (χ2n) is 6.33. The Hall–Kier alpha value is -1.32. The zero-order valence-electron chi connectivity index (χ0n) is 13.6. The molecular weight excluding hydrogens is 236 g/mol. The first kappa shape index (κ1) is 15.7. The fourth-order valence-electron chi connectivity index (χ4n) is 1.77. The lowest BCUT2D eigenvalue weighted by atomic mass is 9.95. The van der Waals surface area contributed by atoms with Crippen molar-refractivity contribution in [3.8, 4) is 0 Å². The number of nitrogens with one attached hydrogen (secondary N) is 1. The van der Waals surface area contributed by atoms with Crippen LogP contribution in [0.4, 0.5) is 11.6 Å². The Morgan fingerprint density at radius 1 is 1.21 bits per heavy atom. The zero-order chi connectivity index (χ0) is 14.8. The first-order chi connectivity index (χ1) is 8.68. The van der Waals surface area contributed by atoms with Crippen molar-refractivity contribution in [2.75, 3.05) is 23.8 Å². The third-order valence-corrected chi connectivity index (χ3v) is 3.24. The maximum atomic E-state index is 4.78. The fourth-order valence-corrected chi connectivity index (χ4v) is 1.77. The molecule has 4 heteroatoms. The van der Waals surface area contributed by atoms with E-state index in [0.29, 0.717) is 6.04 Å². The number of hydrogen-bond acceptors (Lipinski definition) is 4. The Morgan fingerprint density at radius 3 is 2.21 bits per heavy atom. The van der Waals surface area contributed by atoms with E-state index in [2.05, 4.69) is 70.7 Å². The number of nitrogens with zero attached hydrogens (tertiary/aromatic N) is 3. The van der Waals surface area contributed by atoms with Gasteiger partial charge in [-0.3, -0.25) is 0 Å². The highest BCUT2D eigenvalue weighted by Crippen LogP contribution is 2.28. The van der Waals surface area contributed by atoms with Crippen molar-refractivity contribution in [3.05, 3.63) is 11.4 Å². The molecule has 108 valence electrons. The van der Waals surface area contributed by atoms with Gasteiger partial charge >= 0.3 is 0 Å². The SMILES string of the molecule is CCNc1nc(C(C)(C)C)nc(N(C)C(C)C)c1C. The summed E-state index contributed by atoms with van der Waals surface area (Å²) in [5, 5.41) is 3.34. The second-order valence-corrected chi connectivity index (χ2v) is 6.33. The van der Waals surface area contributed by atoms with Gasteiger partial charge in [-0.2, -0.15) is 0 Å². The summed E-state index contributed by atoms with van der Waals surface area (Å²) in [6, 6.07) is 0.413. The van der Waals surface area contributed by atoms with E-state index in [4.69, 9.17) is 4.98 Å². The van der Waals surface area contributed by atoms with Crippen molar-refractivity contribution in [1.29, 1.82) is 0 Å². The average molecular weight is 264 g/mol. The van der Waals surface area contributed by atoms with Crippen LogP contribution in [0.25, 0.3) is 0 Å². The van der Waals surface area contributed by atoms with Crippen molar-refractivity contribution < 1.29 is 0 Å². The molecule has 0 amide bonds. The van der Waals surface area contributed by atoms with Crippen LogP contribution < -0.4 is 10.2 Å². The Balaban J connectivity index is 3.40. The molecule has 0 aliphatic heterocycles. The number of anilines is 2. The van der Waals surface area contributed by atoms with E-state index in [1.807, 2.05) is 0 Å². The predicted octanol–water partition coefficient (Wildman–Crippen LogP) is 3.36. The highest BCUT2D eigenvalue weighted by atomic mass is 15.2. The standard InChI is InChI=1S/C15H28N4/c1-9-16-12-11(4)13(19(8)10(2)3)18-14(17-12)15(5,6)7/h10H,9H2,1-8H3,(H,16,17,18). The first-order valence-corrected chi connectivity index (χ1v) is 7.04. The van der Waals surface area contributed by atoms with Crippen LogP contribution in [0.5, 0.6) is 0 Å². The molecule has 1 aromatic heterocycles. The summed E-state index contributed by atoms with van der Waals surface area (Å²) in [5.74, 6) is 2.85. The molecule has 1 aromatic rings. The summed E-state index contributed by atoms with van der Waals surface area (Å²) < 4.78 is 0. The normalized spacial score (nSPS) is 11.8. The minimum atomic E-state index is -0.0511. The lowest BCUT2D eigenvalue weighted by molar-refractivity contribution is 0.543. The summed E-state index contributed by atoms with van der Waals surface area (Å²) in [4.78, 5) is 11.7. The van der Waals surface area contributed by atoms with Gasteiger partial charge < -0.3 is 10.2 Å². The molecule has 1 rings (SSSR count). The molecular formula is C15H28N4. The van der Waals surface area contributed by atoms with Gasteiger partial charge in [-0.1, -0.05) is 20.8 Å². The van der Waals surface area contributed by atoms with E-state index in [-0.39, 0.29) is 5.41 Å². The van der Waals surface area contributed by atoms with Crippen LogP contribution in [0.15, 0.2) is 0 Å². The van der Waals surface area contributed by atoms with Crippen LogP contribution in [0.2, 0.25) is 0 Å². The molecule has 0 spiro atoms. The van der Waals surface area contributed by atoms with Crippen molar-refractivity contribution in [1.82, 2.24) is 9.97 Å². The van der Waals surface area contributed by atoms with E-state index in [1.165, 1.54) is 0 Å². The molecule has 0 atom stereocenters. The fraction of sp³-hybridized carbons (Fsp3) is 0.733. The van der Waals surface area contributed by atoms with Gasteiger partial charge in [0.25, 0.3) is 0 Å². The maximum Gasteiger partial charge on any atom is 0.138 e. The molecule has 0 aliphatic rings. The molecule has 0 aliphatic carbocycles. The molecule has 0 saturated heterocycles. The summed E-state index contributed by atoms with van der Waals surface area (Å²) in [6.07, 6.45) is 0. The van der Waals surface area contributed by atoms with Gasteiger partial charge in [0.1, 0.15) is 17.5 Å². The molecule has 0 saturated carbocycles. The van der Waals surface area contributed by atoms with Crippen LogP contribution in [0.1, 0.15) is 52.9 Å². The highest BCUT2D eigenvalue weighted by molar-refractivity contribution is 5.59. The smallest absolute Gasteiger partial charge is 0.138 e. The molecule has 1 N–H and O–H groups in total. The molecule has 0 radical (unpaired) electrons. The van der Waals surface area contributed by atoms with Crippen molar-refractivity contribution >= 4 is 11.6 Å². The number of hydrogen-bond donors (Lipinski definition) is 1. The molecule has 0 aromatic carbocycles. The highest BCUT2D eigenvalue weighted by Gasteiger charge is 2.22. The van der Waals surface area contributed by atoms with E-state index in [9.17, 15) is 0 Å². The monoisotopic (exact) mass is 264 g/mol. The molecule has 0 unspecified atom stereocenters. The Labute approximate surface area is 117 Å². The third-order valence-electron chi connectivity index (χ3n) is 3.24. The van der Waals surface area contributed by atoms with E-state index >= 15 is 0 Å². The van der Waals surface area contributed by atoms with Crippen LogP contribution in [-0.2, 0) is 5.41 Å². The van der Waals surface area contributed by atoms with Gasteiger partial charge in [0.15, 0.2) is 0 Å². The summed E-state index contributed by atoms with van der Waals surface area (Å²) in [6.45, 7) is 15.8. The Morgan fingerprint density at radius 2 is 1.79 bits per heavy atom. The molecule has 0 fully saturated rings. The van der Waals surface area contributed by atoms with Gasteiger partial charge in [-0.15, -0.1) is 0 Å². The van der Waals surface area contributed by atoms with Crippen molar-refractivity contribution in [3.63, 3.8) is 0 Å².